The second-order valence-corrected chi connectivity index (χ2v) is 3.63. The molecule has 0 bridgehead atoms. The van der Waals surface area contributed by atoms with Crippen molar-refractivity contribution in [2.75, 3.05) is 0 Å². The quantitative estimate of drug-likeness (QED) is 0.739. The molecule has 0 spiro atoms. The highest BCUT2D eigenvalue weighted by molar-refractivity contribution is 6.04. The largest absolute Gasteiger partial charge is 0.273 e. The second kappa shape index (κ2) is 4.26. The monoisotopic (exact) mass is 202 g/mol. The number of hydrogen-bond acceptors (Lipinski definition) is 2. The molecule has 78 valence electrons. The maximum Gasteiger partial charge on any atom is 0.248 e. The molecule has 3 nitrogen and oxygen atoms in total. The van der Waals surface area contributed by atoms with E-state index in [-0.39, 0.29) is 5.91 Å². The van der Waals surface area contributed by atoms with Gasteiger partial charge < -0.3 is 0 Å². The van der Waals surface area contributed by atoms with Gasteiger partial charge in [0.15, 0.2) is 0 Å². The first-order chi connectivity index (χ1) is 7.29. The minimum atomic E-state index is 0.107. The predicted octanol–water partition coefficient (Wildman–Crippen LogP) is 2.18. The van der Waals surface area contributed by atoms with Crippen LogP contribution in [-0.2, 0) is 11.3 Å². The lowest BCUT2D eigenvalue weighted by Crippen LogP contribution is -2.19. The fraction of sp³-hybridized carbons (Fsp3) is 0.333. The van der Waals surface area contributed by atoms with Gasteiger partial charge in [0.05, 0.1) is 13.0 Å². The number of hydrazone groups is 1. The third kappa shape index (κ3) is 2.24. The Kier molecular flexibility index (Phi) is 2.81. The van der Waals surface area contributed by atoms with Gasteiger partial charge in [-0.1, -0.05) is 37.3 Å². The topological polar surface area (TPSA) is 32.7 Å². The van der Waals surface area contributed by atoms with Crippen molar-refractivity contribution < 1.29 is 4.79 Å². The van der Waals surface area contributed by atoms with Crippen LogP contribution >= 0.6 is 0 Å². The Morgan fingerprint density at radius 1 is 1.33 bits per heavy atom. The molecule has 0 unspecified atom stereocenters. The highest BCUT2D eigenvalue weighted by Gasteiger charge is 2.22. The van der Waals surface area contributed by atoms with Crippen molar-refractivity contribution in [1.82, 2.24) is 5.01 Å². The molecule has 1 amide bonds. The second-order valence-electron chi connectivity index (χ2n) is 3.63. The lowest BCUT2D eigenvalue weighted by Gasteiger charge is -2.11. The summed E-state index contributed by atoms with van der Waals surface area (Å²) in [7, 11) is 0. The standard InChI is InChI=1S/C12H14N2O/c1-2-11-8-12(15)14(13-11)9-10-6-4-3-5-7-10/h3-7H,2,8-9H2,1H3. The van der Waals surface area contributed by atoms with E-state index >= 15 is 0 Å². The summed E-state index contributed by atoms with van der Waals surface area (Å²) in [4.78, 5) is 11.6. The molecular weight excluding hydrogens is 188 g/mol. The van der Waals surface area contributed by atoms with Crippen molar-refractivity contribution in [2.45, 2.75) is 26.3 Å². The lowest BCUT2D eigenvalue weighted by atomic mass is 10.2. The molecular formula is C12H14N2O. The third-order valence-corrected chi connectivity index (χ3v) is 2.49. The van der Waals surface area contributed by atoms with Crippen LogP contribution in [0.5, 0.6) is 0 Å². The molecule has 0 saturated carbocycles. The molecule has 0 aliphatic carbocycles. The van der Waals surface area contributed by atoms with E-state index in [0.29, 0.717) is 13.0 Å². The Hall–Kier alpha value is -1.64. The molecule has 0 N–H and O–H groups in total. The Bertz CT molecular complexity index is 384. The van der Waals surface area contributed by atoms with E-state index in [1.54, 1.807) is 5.01 Å². The van der Waals surface area contributed by atoms with Crippen LogP contribution in [0.15, 0.2) is 35.4 Å². The molecule has 0 radical (unpaired) electrons. The Balaban J connectivity index is 2.07. The van der Waals surface area contributed by atoms with Crippen molar-refractivity contribution in [3.63, 3.8) is 0 Å². The molecule has 0 fully saturated rings. The normalized spacial score (nSPS) is 15.7. The van der Waals surface area contributed by atoms with Crippen LogP contribution in [0.25, 0.3) is 0 Å². The van der Waals surface area contributed by atoms with Gasteiger partial charge in [-0.15, -0.1) is 0 Å². The van der Waals surface area contributed by atoms with E-state index in [4.69, 9.17) is 0 Å². The van der Waals surface area contributed by atoms with E-state index in [9.17, 15) is 4.79 Å². The Labute approximate surface area is 89.4 Å². The zero-order valence-electron chi connectivity index (χ0n) is 8.81. The molecule has 1 aliphatic rings. The summed E-state index contributed by atoms with van der Waals surface area (Å²) in [5.41, 5.74) is 2.10. The average Bonchev–Trinajstić information content (AvgIpc) is 2.61. The number of benzene rings is 1. The highest BCUT2D eigenvalue weighted by atomic mass is 16.2. The molecule has 1 aromatic rings. The van der Waals surface area contributed by atoms with E-state index < -0.39 is 0 Å². The summed E-state index contributed by atoms with van der Waals surface area (Å²) in [6.45, 7) is 2.61. The minimum absolute atomic E-state index is 0.107. The SMILES string of the molecule is CCC1=NN(Cc2ccccc2)C(=O)C1. The number of amides is 1. The summed E-state index contributed by atoms with van der Waals surface area (Å²) in [5, 5.41) is 5.85. The minimum Gasteiger partial charge on any atom is -0.273 e. The van der Waals surface area contributed by atoms with E-state index in [2.05, 4.69) is 5.10 Å². The molecule has 0 aromatic heterocycles. The highest BCUT2D eigenvalue weighted by Crippen LogP contribution is 2.14. The van der Waals surface area contributed by atoms with Gasteiger partial charge >= 0.3 is 0 Å². The molecule has 0 saturated heterocycles. The molecule has 1 aromatic carbocycles. The van der Waals surface area contributed by atoms with Gasteiger partial charge in [0.25, 0.3) is 0 Å². The van der Waals surface area contributed by atoms with Crippen molar-refractivity contribution >= 4 is 11.6 Å². The van der Waals surface area contributed by atoms with Gasteiger partial charge in [-0.25, -0.2) is 5.01 Å². The van der Waals surface area contributed by atoms with Crippen LogP contribution in [0.1, 0.15) is 25.3 Å². The van der Waals surface area contributed by atoms with Gasteiger partial charge in [0.1, 0.15) is 0 Å². The van der Waals surface area contributed by atoms with Crippen LogP contribution in [0.4, 0.5) is 0 Å². The number of hydrogen-bond donors (Lipinski definition) is 0. The summed E-state index contributed by atoms with van der Waals surface area (Å²) in [5.74, 6) is 0.107. The van der Waals surface area contributed by atoms with Gasteiger partial charge in [-0.05, 0) is 12.0 Å². The lowest BCUT2D eigenvalue weighted by molar-refractivity contribution is -0.129. The van der Waals surface area contributed by atoms with Gasteiger partial charge in [0.2, 0.25) is 5.91 Å². The Morgan fingerprint density at radius 2 is 2.07 bits per heavy atom. The summed E-state index contributed by atoms with van der Waals surface area (Å²) in [6, 6.07) is 9.93. The third-order valence-electron chi connectivity index (χ3n) is 2.49. The molecule has 0 atom stereocenters. The fourth-order valence-corrected chi connectivity index (χ4v) is 1.60. The summed E-state index contributed by atoms with van der Waals surface area (Å²) >= 11 is 0. The maximum absolute atomic E-state index is 11.6. The molecule has 2 rings (SSSR count). The number of nitrogens with zero attached hydrogens (tertiary/aromatic N) is 2. The van der Waals surface area contributed by atoms with Crippen molar-refractivity contribution in [1.29, 1.82) is 0 Å². The van der Waals surface area contributed by atoms with Crippen LogP contribution < -0.4 is 0 Å². The van der Waals surface area contributed by atoms with Crippen molar-refractivity contribution in [2.24, 2.45) is 5.10 Å². The maximum atomic E-state index is 11.6. The summed E-state index contributed by atoms with van der Waals surface area (Å²) < 4.78 is 0. The first kappa shape index (κ1) is 9.90. The number of carbonyl (C=O) groups is 1. The van der Waals surface area contributed by atoms with Gasteiger partial charge in [-0.2, -0.15) is 5.10 Å². The number of carbonyl (C=O) groups excluding carboxylic acids is 1. The Morgan fingerprint density at radius 3 is 2.67 bits per heavy atom. The zero-order chi connectivity index (χ0) is 10.7. The smallest absolute Gasteiger partial charge is 0.248 e. The van der Waals surface area contributed by atoms with E-state index in [1.807, 2.05) is 37.3 Å². The van der Waals surface area contributed by atoms with Crippen LogP contribution in [0.2, 0.25) is 0 Å². The first-order valence-electron chi connectivity index (χ1n) is 5.20. The van der Waals surface area contributed by atoms with E-state index in [0.717, 1.165) is 17.7 Å². The van der Waals surface area contributed by atoms with Crippen LogP contribution in [0.3, 0.4) is 0 Å². The molecule has 3 heteroatoms. The average molecular weight is 202 g/mol. The fourth-order valence-electron chi connectivity index (χ4n) is 1.60. The van der Waals surface area contributed by atoms with Gasteiger partial charge in [-0.3, -0.25) is 4.79 Å². The van der Waals surface area contributed by atoms with Crippen LogP contribution in [0, 0.1) is 0 Å². The molecule has 1 heterocycles. The van der Waals surface area contributed by atoms with Gasteiger partial charge in [0, 0.05) is 5.71 Å². The first-order valence-corrected chi connectivity index (χ1v) is 5.20. The zero-order valence-corrected chi connectivity index (χ0v) is 8.81. The molecule has 1 aliphatic heterocycles. The summed E-state index contributed by atoms with van der Waals surface area (Å²) in [6.07, 6.45) is 1.35. The van der Waals surface area contributed by atoms with E-state index in [1.165, 1.54) is 0 Å². The van der Waals surface area contributed by atoms with Crippen molar-refractivity contribution in [3.05, 3.63) is 35.9 Å². The number of rotatable bonds is 3. The van der Waals surface area contributed by atoms with Crippen LogP contribution in [-0.4, -0.2) is 16.6 Å². The van der Waals surface area contributed by atoms with Crippen molar-refractivity contribution in [3.8, 4) is 0 Å². The molecule has 15 heavy (non-hydrogen) atoms. The predicted molar refractivity (Wildman–Crippen MR) is 59.3 cm³/mol.